The highest BCUT2D eigenvalue weighted by molar-refractivity contribution is 5.44. The minimum absolute atomic E-state index is 0.226. The number of nitro groups is 1. The van der Waals surface area contributed by atoms with E-state index in [1.807, 2.05) is 13.0 Å². The lowest BCUT2D eigenvalue weighted by Crippen LogP contribution is -2.28. The van der Waals surface area contributed by atoms with Gasteiger partial charge in [-0.15, -0.1) is 0 Å². The number of benzene rings is 1. The average molecular weight is 250 g/mol. The Morgan fingerprint density at radius 2 is 2.11 bits per heavy atom. The van der Waals surface area contributed by atoms with Crippen LogP contribution in [0.4, 0.5) is 5.69 Å². The van der Waals surface area contributed by atoms with Crippen LogP contribution in [0.15, 0.2) is 18.2 Å². The van der Waals surface area contributed by atoms with Gasteiger partial charge in [-0.3, -0.25) is 10.1 Å². The van der Waals surface area contributed by atoms with E-state index in [-0.39, 0.29) is 10.6 Å². The molecule has 100 valence electrons. The van der Waals surface area contributed by atoms with Crippen LogP contribution in [0.2, 0.25) is 0 Å². The summed E-state index contributed by atoms with van der Waals surface area (Å²) in [5.41, 5.74) is 2.11. The van der Waals surface area contributed by atoms with E-state index < -0.39 is 0 Å². The third kappa shape index (κ3) is 3.81. The first-order valence-electron chi connectivity index (χ1n) is 6.56. The van der Waals surface area contributed by atoms with Crippen molar-refractivity contribution in [1.82, 2.24) is 5.32 Å². The Kier molecular flexibility index (Phi) is 5.78. The second-order valence-electron chi connectivity index (χ2n) is 4.52. The summed E-state index contributed by atoms with van der Waals surface area (Å²) in [4.78, 5) is 10.6. The van der Waals surface area contributed by atoms with Crippen LogP contribution in [-0.2, 0) is 6.42 Å². The van der Waals surface area contributed by atoms with Gasteiger partial charge in [0.2, 0.25) is 0 Å². The number of nitrogens with zero attached hydrogens (tertiary/aromatic N) is 1. The topological polar surface area (TPSA) is 55.2 Å². The number of nitrogens with one attached hydrogen (secondary N) is 1. The minimum atomic E-state index is -0.305. The lowest BCUT2D eigenvalue weighted by atomic mass is 9.99. The summed E-state index contributed by atoms with van der Waals surface area (Å²) in [6.07, 6.45) is 2.99. The summed E-state index contributed by atoms with van der Waals surface area (Å²) >= 11 is 0. The molecule has 0 spiro atoms. The maximum absolute atomic E-state index is 10.9. The summed E-state index contributed by atoms with van der Waals surface area (Å²) < 4.78 is 0. The third-order valence-electron chi connectivity index (χ3n) is 3.36. The summed E-state index contributed by atoms with van der Waals surface area (Å²) in [5.74, 6) is 0. The highest BCUT2D eigenvalue weighted by Crippen LogP contribution is 2.22. The predicted molar refractivity (Wildman–Crippen MR) is 73.9 cm³/mol. The number of hydrogen-bond acceptors (Lipinski definition) is 3. The molecule has 1 rings (SSSR count). The Morgan fingerprint density at radius 1 is 1.39 bits per heavy atom. The van der Waals surface area contributed by atoms with Gasteiger partial charge in [-0.2, -0.15) is 0 Å². The molecular formula is C14H22N2O2. The smallest absolute Gasteiger partial charge is 0.272 e. The Labute approximate surface area is 109 Å². The number of rotatable bonds is 7. The maximum atomic E-state index is 10.9. The van der Waals surface area contributed by atoms with E-state index in [2.05, 4.69) is 19.2 Å². The number of hydrogen-bond donors (Lipinski definition) is 1. The largest absolute Gasteiger partial charge is 0.314 e. The van der Waals surface area contributed by atoms with Crippen LogP contribution in [0.3, 0.4) is 0 Å². The Hall–Kier alpha value is -1.42. The van der Waals surface area contributed by atoms with Crippen LogP contribution >= 0.6 is 0 Å². The number of aryl methyl sites for hydroxylation is 1. The van der Waals surface area contributed by atoms with Crippen LogP contribution in [0.1, 0.15) is 37.8 Å². The van der Waals surface area contributed by atoms with Crippen LogP contribution in [0, 0.1) is 17.0 Å². The summed E-state index contributed by atoms with van der Waals surface area (Å²) in [7, 11) is 0. The van der Waals surface area contributed by atoms with Crippen molar-refractivity contribution in [2.24, 2.45) is 0 Å². The van der Waals surface area contributed by atoms with Gasteiger partial charge in [-0.05, 0) is 38.3 Å². The molecule has 0 fully saturated rings. The molecule has 0 saturated heterocycles. The molecule has 1 atom stereocenters. The van der Waals surface area contributed by atoms with Gasteiger partial charge in [-0.25, -0.2) is 0 Å². The molecule has 0 radical (unpaired) electrons. The first-order chi connectivity index (χ1) is 8.60. The average Bonchev–Trinajstić information content (AvgIpc) is 2.35. The van der Waals surface area contributed by atoms with Crippen LogP contribution in [-0.4, -0.2) is 17.5 Å². The molecule has 1 aromatic rings. The predicted octanol–water partition coefficient (Wildman–Crippen LogP) is 3.22. The molecule has 4 nitrogen and oxygen atoms in total. The first-order valence-corrected chi connectivity index (χ1v) is 6.56. The molecule has 0 amide bonds. The molecule has 18 heavy (non-hydrogen) atoms. The quantitative estimate of drug-likeness (QED) is 0.597. The van der Waals surface area contributed by atoms with Gasteiger partial charge in [0.25, 0.3) is 5.69 Å². The molecule has 0 aromatic heterocycles. The zero-order chi connectivity index (χ0) is 13.5. The van der Waals surface area contributed by atoms with Crippen LogP contribution < -0.4 is 5.32 Å². The van der Waals surface area contributed by atoms with Gasteiger partial charge < -0.3 is 5.32 Å². The molecule has 1 aromatic carbocycles. The van der Waals surface area contributed by atoms with Crippen molar-refractivity contribution in [2.45, 2.75) is 46.1 Å². The van der Waals surface area contributed by atoms with Gasteiger partial charge in [0, 0.05) is 17.7 Å². The fourth-order valence-corrected chi connectivity index (χ4v) is 2.21. The Balaban J connectivity index is 2.73. The molecule has 0 saturated carbocycles. The van der Waals surface area contributed by atoms with E-state index in [1.54, 1.807) is 12.1 Å². The molecule has 0 bridgehead atoms. The number of nitro benzene ring substituents is 1. The normalized spacial score (nSPS) is 12.4. The monoisotopic (exact) mass is 250 g/mol. The van der Waals surface area contributed by atoms with Gasteiger partial charge in [-0.1, -0.05) is 26.0 Å². The highest BCUT2D eigenvalue weighted by atomic mass is 16.6. The maximum Gasteiger partial charge on any atom is 0.272 e. The van der Waals surface area contributed by atoms with E-state index >= 15 is 0 Å². The Bertz CT molecular complexity index is 405. The zero-order valence-electron chi connectivity index (χ0n) is 11.4. The van der Waals surface area contributed by atoms with Crippen LogP contribution in [0.5, 0.6) is 0 Å². The van der Waals surface area contributed by atoms with E-state index in [1.165, 1.54) is 0 Å². The Morgan fingerprint density at radius 3 is 2.67 bits per heavy atom. The standard InChI is InChI=1S/C14H22N2O2/c1-4-13(15-5-2)10-9-12-7-6-8-14(11(12)3)16(17)18/h6-8,13,15H,4-5,9-10H2,1-3H3. The fraction of sp³-hybridized carbons (Fsp3) is 0.571. The molecule has 0 aliphatic heterocycles. The minimum Gasteiger partial charge on any atom is -0.314 e. The van der Waals surface area contributed by atoms with Crippen molar-refractivity contribution in [3.8, 4) is 0 Å². The van der Waals surface area contributed by atoms with Crippen molar-refractivity contribution in [3.05, 3.63) is 39.4 Å². The van der Waals surface area contributed by atoms with Crippen molar-refractivity contribution >= 4 is 5.69 Å². The summed E-state index contributed by atoms with van der Waals surface area (Å²) in [6.45, 7) is 7.06. The van der Waals surface area contributed by atoms with E-state index in [0.29, 0.717) is 6.04 Å². The first kappa shape index (κ1) is 14.6. The SMILES string of the molecule is CCNC(CC)CCc1cccc([N+](=O)[O-])c1C. The van der Waals surface area contributed by atoms with Gasteiger partial charge >= 0.3 is 0 Å². The molecule has 1 N–H and O–H groups in total. The zero-order valence-corrected chi connectivity index (χ0v) is 11.4. The second kappa shape index (κ2) is 7.11. The molecule has 0 aliphatic rings. The van der Waals surface area contributed by atoms with Gasteiger partial charge in [0.15, 0.2) is 0 Å². The van der Waals surface area contributed by atoms with Gasteiger partial charge in [0.05, 0.1) is 4.92 Å². The van der Waals surface area contributed by atoms with E-state index in [4.69, 9.17) is 0 Å². The van der Waals surface area contributed by atoms with E-state index in [0.717, 1.165) is 36.9 Å². The lowest BCUT2D eigenvalue weighted by molar-refractivity contribution is -0.385. The summed E-state index contributed by atoms with van der Waals surface area (Å²) in [6, 6.07) is 5.82. The molecule has 4 heteroatoms. The highest BCUT2D eigenvalue weighted by Gasteiger charge is 2.14. The molecule has 0 aliphatic carbocycles. The summed E-state index contributed by atoms with van der Waals surface area (Å²) in [5, 5.41) is 14.3. The third-order valence-corrected chi connectivity index (χ3v) is 3.36. The van der Waals surface area contributed by atoms with Crippen LogP contribution in [0.25, 0.3) is 0 Å². The van der Waals surface area contributed by atoms with Crippen molar-refractivity contribution < 1.29 is 4.92 Å². The molecular weight excluding hydrogens is 228 g/mol. The van der Waals surface area contributed by atoms with Crippen molar-refractivity contribution in [3.63, 3.8) is 0 Å². The molecule has 0 heterocycles. The second-order valence-corrected chi connectivity index (χ2v) is 4.52. The lowest BCUT2D eigenvalue weighted by Gasteiger charge is -2.16. The van der Waals surface area contributed by atoms with Crippen molar-refractivity contribution in [1.29, 1.82) is 0 Å². The fourth-order valence-electron chi connectivity index (χ4n) is 2.21. The molecule has 1 unspecified atom stereocenters. The van der Waals surface area contributed by atoms with Crippen molar-refractivity contribution in [2.75, 3.05) is 6.54 Å². The van der Waals surface area contributed by atoms with Gasteiger partial charge in [0.1, 0.15) is 0 Å². The van der Waals surface area contributed by atoms with E-state index in [9.17, 15) is 10.1 Å².